The lowest BCUT2D eigenvalue weighted by Crippen LogP contribution is -2.52. The van der Waals surface area contributed by atoms with Gasteiger partial charge in [0.2, 0.25) is 0 Å². The molecular weight excluding hydrogens is 352 g/mol. The van der Waals surface area contributed by atoms with E-state index in [1.807, 2.05) is 13.8 Å². The molecule has 168 valence electrons. The minimum absolute atomic E-state index is 0.0557. The quantitative estimate of drug-likeness (QED) is 0.364. The highest BCUT2D eigenvalue weighted by Gasteiger charge is 2.58. The minimum Gasteiger partial charge on any atom is -0.393 e. The highest BCUT2D eigenvalue weighted by atomic mass is 16.3. The molecule has 0 spiro atoms. The second kappa shape index (κ2) is 9.46. The summed E-state index contributed by atoms with van der Waals surface area (Å²) < 4.78 is 0. The Morgan fingerprint density at radius 3 is 2.31 bits per heavy atom. The molecule has 0 aliphatic heterocycles. The molecule has 6 unspecified atom stereocenters. The van der Waals surface area contributed by atoms with Gasteiger partial charge in [-0.3, -0.25) is 0 Å². The third-order valence-corrected chi connectivity index (χ3v) is 9.92. The molecule has 4 aliphatic carbocycles. The van der Waals surface area contributed by atoms with Crippen molar-refractivity contribution < 1.29 is 5.11 Å². The topological polar surface area (TPSA) is 20.2 Å². The van der Waals surface area contributed by atoms with Gasteiger partial charge in [0.25, 0.3) is 0 Å². The number of hydrogen-bond donors (Lipinski definition) is 1. The Balaban J connectivity index is 0.00000117. The molecule has 0 heterocycles. The van der Waals surface area contributed by atoms with Crippen LogP contribution >= 0.6 is 0 Å². The minimum atomic E-state index is -0.0557. The number of rotatable bonds is 5. The van der Waals surface area contributed by atoms with Gasteiger partial charge in [-0.15, -0.1) is 0 Å². The fourth-order valence-electron chi connectivity index (χ4n) is 8.12. The van der Waals surface area contributed by atoms with Crippen LogP contribution in [0.1, 0.15) is 112 Å². The van der Waals surface area contributed by atoms with Crippen LogP contribution in [0.15, 0.2) is 12.2 Å². The second-order valence-corrected chi connectivity index (χ2v) is 11.7. The number of unbranched alkanes of at least 4 members (excludes halogenated alkanes) is 1. The fraction of sp³-hybridized carbons (Fsp3) is 0.929. The van der Waals surface area contributed by atoms with Crippen LogP contribution in [0.3, 0.4) is 0 Å². The predicted molar refractivity (Wildman–Crippen MR) is 126 cm³/mol. The highest BCUT2D eigenvalue weighted by Crippen LogP contribution is 2.66. The van der Waals surface area contributed by atoms with Crippen molar-refractivity contribution >= 4 is 0 Å². The van der Waals surface area contributed by atoms with Crippen LogP contribution in [-0.4, -0.2) is 11.2 Å². The van der Waals surface area contributed by atoms with E-state index in [4.69, 9.17) is 0 Å². The van der Waals surface area contributed by atoms with Crippen molar-refractivity contribution in [3.8, 4) is 0 Å². The Morgan fingerprint density at radius 2 is 1.59 bits per heavy atom. The van der Waals surface area contributed by atoms with Crippen LogP contribution in [0.4, 0.5) is 0 Å². The molecule has 8 atom stereocenters. The van der Waals surface area contributed by atoms with Crippen molar-refractivity contribution in [3.05, 3.63) is 12.2 Å². The molecule has 1 heteroatoms. The number of aliphatic hydroxyl groups is 1. The molecule has 1 N–H and O–H groups in total. The first-order valence-electron chi connectivity index (χ1n) is 13.2. The standard InChI is InChI=1S/C26H44O.C2H6/c1-18(2)7-5-6-8-19-10-12-23-22-11-9-20-17-21(27)13-15-26(20,4)24(22)14-16-25(19,23)3;1-2/h9,11,18-24,27H,5-8,10,12-17H2,1-4H3;1-2H3/t19?,20?,21?,22?,23?,24?,25-,26+;/m1./s1. The van der Waals surface area contributed by atoms with E-state index >= 15 is 0 Å². The molecule has 0 radical (unpaired) electrons. The van der Waals surface area contributed by atoms with E-state index in [1.165, 1.54) is 57.8 Å². The predicted octanol–water partition coefficient (Wildman–Crippen LogP) is 8.02. The average Bonchev–Trinajstić information content (AvgIpc) is 3.03. The summed E-state index contributed by atoms with van der Waals surface area (Å²) in [6.07, 6.45) is 20.0. The maximum Gasteiger partial charge on any atom is 0.0546 e. The first-order chi connectivity index (χ1) is 13.8. The number of hydrogen-bond acceptors (Lipinski definition) is 1. The fourth-order valence-corrected chi connectivity index (χ4v) is 8.12. The summed E-state index contributed by atoms with van der Waals surface area (Å²) in [5.41, 5.74) is 1.05. The molecule has 29 heavy (non-hydrogen) atoms. The Labute approximate surface area is 182 Å². The van der Waals surface area contributed by atoms with Gasteiger partial charge < -0.3 is 5.11 Å². The molecule has 4 rings (SSSR count). The summed E-state index contributed by atoms with van der Waals surface area (Å²) in [5.74, 6) is 5.08. The van der Waals surface area contributed by atoms with Crippen molar-refractivity contribution in [1.82, 2.24) is 0 Å². The zero-order valence-electron chi connectivity index (χ0n) is 20.4. The third kappa shape index (κ3) is 4.37. The highest BCUT2D eigenvalue weighted by molar-refractivity contribution is 5.18. The average molecular weight is 403 g/mol. The Kier molecular flexibility index (Phi) is 7.62. The van der Waals surface area contributed by atoms with Crippen LogP contribution < -0.4 is 0 Å². The van der Waals surface area contributed by atoms with E-state index in [0.29, 0.717) is 16.7 Å². The molecule has 0 aromatic carbocycles. The lowest BCUT2D eigenvalue weighted by molar-refractivity contribution is -0.0776. The summed E-state index contributed by atoms with van der Waals surface area (Å²) in [6, 6.07) is 0. The monoisotopic (exact) mass is 402 g/mol. The lowest BCUT2D eigenvalue weighted by atomic mass is 9.46. The zero-order chi connectivity index (χ0) is 21.2. The lowest BCUT2D eigenvalue weighted by Gasteiger charge is -2.58. The smallest absolute Gasteiger partial charge is 0.0546 e. The first kappa shape index (κ1) is 23.4. The van der Waals surface area contributed by atoms with Gasteiger partial charge in [-0.05, 0) is 97.7 Å². The van der Waals surface area contributed by atoms with E-state index in [2.05, 4.69) is 39.8 Å². The molecule has 3 fully saturated rings. The summed E-state index contributed by atoms with van der Waals surface area (Å²) in [5, 5.41) is 10.2. The zero-order valence-corrected chi connectivity index (χ0v) is 20.4. The van der Waals surface area contributed by atoms with Gasteiger partial charge in [-0.1, -0.05) is 73.0 Å². The SMILES string of the molecule is CC.CC(C)CCCCC1CCC2C3C=CC4CC(O)CC[C@]4(C)C3CC[C@]12C. The largest absolute Gasteiger partial charge is 0.393 e. The Hall–Kier alpha value is -0.300. The van der Waals surface area contributed by atoms with Gasteiger partial charge in [0.1, 0.15) is 0 Å². The molecule has 0 saturated heterocycles. The molecule has 0 bridgehead atoms. The number of aliphatic hydroxyl groups excluding tert-OH is 1. The maximum atomic E-state index is 10.2. The van der Waals surface area contributed by atoms with Crippen LogP contribution in [-0.2, 0) is 0 Å². The molecule has 3 saturated carbocycles. The van der Waals surface area contributed by atoms with E-state index in [9.17, 15) is 5.11 Å². The molecule has 4 aliphatic rings. The molecule has 0 amide bonds. The van der Waals surface area contributed by atoms with Gasteiger partial charge in [0.15, 0.2) is 0 Å². The van der Waals surface area contributed by atoms with E-state index in [0.717, 1.165) is 42.4 Å². The van der Waals surface area contributed by atoms with Crippen LogP contribution in [0.25, 0.3) is 0 Å². The van der Waals surface area contributed by atoms with E-state index in [-0.39, 0.29) is 6.10 Å². The summed E-state index contributed by atoms with van der Waals surface area (Å²) in [6.45, 7) is 14.0. The maximum absolute atomic E-state index is 10.2. The second-order valence-electron chi connectivity index (χ2n) is 11.7. The van der Waals surface area contributed by atoms with Crippen molar-refractivity contribution in [2.24, 2.45) is 46.3 Å². The summed E-state index contributed by atoms with van der Waals surface area (Å²) >= 11 is 0. The van der Waals surface area contributed by atoms with Crippen molar-refractivity contribution in [3.63, 3.8) is 0 Å². The van der Waals surface area contributed by atoms with Gasteiger partial charge in [-0.25, -0.2) is 0 Å². The summed E-state index contributed by atoms with van der Waals surface area (Å²) in [7, 11) is 0. The van der Waals surface area contributed by atoms with Crippen LogP contribution in [0, 0.1) is 46.3 Å². The Bertz CT molecular complexity index is 551. The van der Waals surface area contributed by atoms with Crippen LogP contribution in [0.5, 0.6) is 0 Å². The van der Waals surface area contributed by atoms with Gasteiger partial charge in [0.05, 0.1) is 6.10 Å². The van der Waals surface area contributed by atoms with Crippen molar-refractivity contribution in [2.75, 3.05) is 0 Å². The molecular formula is C28H50O. The Morgan fingerprint density at radius 1 is 0.897 bits per heavy atom. The normalized spacial score (nSPS) is 45.8. The van der Waals surface area contributed by atoms with Crippen LogP contribution in [0.2, 0.25) is 0 Å². The van der Waals surface area contributed by atoms with Gasteiger partial charge in [-0.2, -0.15) is 0 Å². The van der Waals surface area contributed by atoms with Crippen molar-refractivity contribution in [2.45, 2.75) is 118 Å². The number of allylic oxidation sites excluding steroid dienone is 2. The molecule has 0 aromatic heterocycles. The first-order valence-corrected chi connectivity index (χ1v) is 13.2. The van der Waals surface area contributed by atoms with E-state index in [1.54, 1.807) is 0 Å². The summed E-state index contributed by atoms with van der Waals surface area (Å²) in [4.78, 5) is 0. The number of fused-ring (bicyclic) bond motifs is 5. The van der Waals surface area contributed by atoms with Gasteiger partial charge in [0, 0.05) is 0 Å². The van der Waals surface area contributed by atoms with E-state index < -0.39 is 0 Å². The molecule has 0 aromatic rings. The molecule has 1 nitrogen and oxygen atoms in total. The third-order valence-electron chi connectivity index (χ3n) is 9.92. The van der Waals surface area contributed by atoms with Crippen molar-refractivity contribution in [1.29, 1.82) is 0 Å². The van der Waals surface area contributed by atoms with Gasteiger partial charge >= 0.3 is 0 Å².